The quantitative estimate of drug-likeness (QED) is 0.161. The molecule has 3 fully saturated rings. The Morgan fingerprint density at radius 3 is 2.48 bits per heavy atom. The van der Waals surface area contributed by atoms with E-state index >= 15 is 0 Å². The van der Waals surface area contributed by atoms with Gasteiger partial charge in [-0.15, -0.1) is 11.3 Å². The molecule has 294 valence electrons. The molecule has 2 saturated heterocycles. The Hall–Kier alpha value is -4.92. The molecule has 0 spiro atoms. The van der Waals surface area contributed by atoms with Crippen LogP contribution in [0.15, 0.2) is 59.5 Å². The number of aryl methyl sites for hydroxylation is 1. The fourth-order valence-electron chi connectivity index (χ4n) is 9.06. The maximum atomic E-state index is 13.5. The van der Waals surface area contributed by atoms with E-state index in [2.05, 4.69) is 38.5 Å². The lowest BCUT2D eigenvalue weighted by molar-refractivity contribution is -0.135. The molecule has 5 heterocycles. The van der Waals surface area contributed by atoms with Gasteiger partial charge in [0, 0.05) is 62.5 Å². The van der Waals surface area contributed by atoms with E-state index in [-0.39, 0.29) is 23.9 Å². The van der Waals surface area contributed by atoms with Crippen LogP contribution in [0.1, 0.15) is 98.2 Å². The van der Waals surface area contributed by atoms with E-state index in [4.69, 9.17) is 4.98 Å². The number of para-hydroxylation sites is 1. The summed E-state index contributed by atoms with van der Waals surface area (Å²) in [5.41, 5.74) is 3.48. The van der Waals surface area contributed by atoms with Gasteiger partial charge < -0.3 is 20.2 Å². The van der Waals surface area contributed by atoms with Crippen LogP contribution in [0, 0.1) is 5.92 Å². The minimum Gasteiger partial charge on any atom is -0.386 e. The number of hydrogen-bond acceptors (Lipinski definition) is 10. The number of carbonyl (C=O) groups is 3. The smallest absolute Gasteiger partial charge is 0.329 e. The summed E-state index contributed by atoms with van der Waals surface area (Å²) in [6.45, 7) is 6.25. The first-order chi connectivity index (χ1) is 26.9. The fourth-order valence-corrected chi connectivity index (χ4v) is 10.2. The highest BCUT2D eigenvalue weighted by Crippen LogP contribution is 2.42. The fraction of sp³-hybridized carbons (Fsp3) is 0.476. The van der Waals surface area contributed by atoms with E-state index in [1.807, 2.05) is 24.3 Å². The highest BCUT2D eigenvalue weighted by Gasteiger charge is 2.34. The molecular weight excluding hydrogens is 729 g/mol. The van der Waals surface area contributed by atoms with Crippen LogP contribution >= 0.6 is 11.3 Å². The third-order valence-corrected chi connectivity index (χ3v) is 13.3. The molecule has 0 radical (unpaired) electrons. The molecule has 3 aromatic heterocycles. The number of nitrogens with one attached hydrogen (secondary N) is 2. The number of fused-ring (bicyclic) bond motifs is 2. The van der Waals surface area contributed by atoms with Gasteiger partial charge in [-0.2, -0.15) is 0 Å². The van der Waals surface area contributed by atoms with Crippen molar-refractivity contribution in [1.29, 1.82) is 0 Å². The van der Waals surface area contributed by atoms with E-state index in [1.165, 1.54) is 0 Å². The molecule has 1 unspecified atom stereocenters. The average Bonchev–Trinajstić information content (AvgIpc) is 3.72. The van der Waals surface area contributed by atoms with E-state index in [0.717, 1.165) is 90.1 Å². The molecule has 8 rings (SSSR count). The molecule has 13 nitrogen and oxygen atoms in total. The van der Waals surface area contributed by atoms with Crippen LogP contribution in [0.2, 0.25) is 0 Å². The van der Waals surface area contributed by atoms with Gasteiger partial charge in [0.2, 0.25) is 11.8 Å². The molecule has 1 aliphatic carbocycles. The average molecular weight is 779 g/mol. The molecule has 56 heavy (non-hydrogen) atoms. The maximum absolute atomic E-state index is 13.5. The SMILES string of the molecule is CN(CC1CCC(c2nc3cc(C(C)(C)O)c(NC(=O)c4ccccn4)cc3s2)CC1)C1CCN(c2cccc3c2n(C)c(=O)n3C2CCC(=O)NC2=O)CC1. The number of rotatable bonds is 9. The summed E-state index contributed by atoms with van der Waals surface area (Å²) in [7, 11) is 4.02. The summed E-state index contributed by atoms with van der Waals surface area (Å²) >= 11 is 1.68. The molecular formula is C42H50N8O5S. The number of imidazole rings is 1. The van der Waals surface area contributed by atoms with E-state index in [9.17, 15) is 24.3 Å². The largest absolute Gasteiger partial charge is 0.386 e. The molecule has 2 aromatic carbocycles. The first kappa shape index (κ1) is 38.0. The summed E-state index contributed by atoms with van der Waals surface area (Å²) in [4.78, 5) is 65.1. The van der Waals surface area contributed by atoms with Gasteiger partial charge in [-0.05, 0) is 108 Å². The molecule has 3 amide bonds. The zero-order chi connectivity index (χ0) is 39.3. The standard InChI is InChI=1S/C42H50N8O5S/c1-42(2,55)28-22-31-35(23-30(28)44-38(52)29-8-5-6-19-43-29)56-40(45-31)26-13-11-25(12-14-26)24-47(3)27-17-20-49(21-18-27)32-9-7-10-33-37(32)48(4)41(54)50(33)34-15-16-36(51)46-39(34)53/h5-10,19,22-23,25-27,34,55H,11-18,20-21,24H2,1-4H3,(H,44,52)(H,46,51,53). The monoisotopic (exact) mass is 778 g/mol. The van der Waals surface area contributed by atoms with Crippen LogP contribution in [0.5, 0.6) is 0 Å². The summed E-state index contributed by atoms with van der Waals surface area (Å²) < 4.78 is 4.19. The number of anilines is 2. The third-order valence-electron chi connectivity index (χ3n) is 12.1. The van der Waals surface area contributed by atoms with Gasteiger partial charge in [0.15, 0.2) is 0 Å². The van der Waals surface area contributed by atoms with Crippen molar-refractivity contribution in [2.45, 2.75) is 88.8 Å². The van der Waals surface area contributed by atoms with Crippen LogP contribution < -0.4 is 21.2 Å². The van der Waals surface area contributed by atoms with Crippen molar-refractivity contribution in [1.82, 2.24) is 29.3 Å². The van der Waals surface area contributed by atoms with Crippen LogP contribution in [0.25, 0.3) is 21.3 Å². The number of aromatic nitrogens is 4. The number of benzene rings is 2. The molecule has 2 aliphatic heterocycles. The van der Waals surface area contributed by atoms with Crippen molar-refractivity contribution in [3.63, 3.8) is 0 Å². The molecule has 14 heteroatoms. The van der Waals surface area contributed by atoms with Crippen LogP contribution in [0.3, 0.4) is 0 Å². The molecule has 3 N–H and O–H groups in total. The third kappa shape index (κ3) is 7.37. The van der Waals surface area contributed by atoms with Gasteiger partial charge in [-0.1, -0.05) is 12.1 Å². The Morgan fingerprint density at radius 2 is 1.79 bits per heavy atom. The van der Waals surface area contributed by atoms with Crippen LogP contribution in [0.4, 0.5) is 11.4 Å². The Kier molecular flexibility index (Phi) is 10.3. The minimum absolute atomic E-state index is 0.217. The van der Waals surface area contributed by atoms with Crippen molar-refractivity contribution in [2.75, 3.05) is 36.9 Å². The van der Waals surface area contributed by atoms with E-state index in [0.29, 0.717) is 41.2 Å². The lowest BCUT2D eigenvalue weighted by Crippen LogP contribution is -2.45. The Bertz CT molecular complexity index is 2350. The van der Waals surface area contributed by atoms with Gasteiger partial charge >= 0.3 is 5.69 Å². The number of pyridine rings is 1. The highest BCUT2D eigenvalue weighted by molar-refractivity contribution is 7.18. The number of piperidine rings is 2. The zero-order valence-corrected chi connectivity index (χ0v) is 33.3. The van der Waals surface area contributed by atoms with Crippen molar-refractivity contribution in [3.8, 4) is 0 Å². The van der Waals surface area contributed by atoms with Gasteiger partial charge in [0.05, 0.1) is 37.5 Å². The summed E-state index contributed by atoms with van der Waals surface area (Å²) in [5.74, 6) is -0.0303. The molecule has 3 aliphatic rings. The first-order valence-electron chi connectivity index (χ1n) is 19.7. The van der Waals surface area contributed by atoms with Crippen molar-refractivity contribution in [2.24, 2.45) is 13.0 Å². The number of imide groups is 1. The maximum Gasteiger partial charge on any atom is 0.329 e. The van der Waals surface area contributed by atoms with Gasteiger partial charge in [0.1, 0.15) is 11.7 Å². The number of carbonyl (C=O) groups excluding carboxylic acids is 3. The lowest BCUT2D eigenvalue weighted by atomic mass is 9.82. The number of hydrogen-bond donors (Lipinski definition) is 3. The normalized spacial score (nSPS) is 21.2. The topological polar surface area (TPSA) is 155 Å². The second-order valence-corrected chi connectivity index (χ2v) is 17.4. The van der Waals surface area contributed by atoms with Crippen LogP contribution in [-0.4, -0.2) is 79.6 Å². The predicted octanol–water partition coefficient (Wildman–Crippen LogP) is 5.68. The number of amides is 3. The Morgan fingerprint density at radius 1 is 1.02 bits per heavy atom. The van der Waals surface area contributed by atoms with E-state index < -0.39 is 17.6 Å². The van der Waals surface area contributed by atoms with Crippen molar-refractivity contribution >= 4 is 61.7 Å². The molecule has 5 aromatic rings. The van der Waals surface area contributed by atoms with Gasteiger partial charge in [-0.25, -0.2) is 9.78 Å². The molecule has 0 bridgehead atoms. The van der Waals surface area contributed by atoms with E-state index in [1.54, 1.807) is 65.8 Å². The number of nitrogens with zero attached hydrogens (tertiary/aromatic N) is 6. The summed E-state index contributed by atoms with van der Waals surface area (Å²) in [6, 6.07) is 14.8. The Balaban J connectivity index is 0.882. The van der Waals surface area contributed by atoms with Gasteiger partial charge in [0.25, 0.3) is 5.91 Å². The predicted molar refractivity (Wildman–Crippen MR) is 218 cm³/mol. The second kappa shape index (κ2) is 15.2. The highest BCUT2D eigenvalue weighted by atomic mass is 32.1. The molecule has 1 atom stereocenters. The van der Waals surface area contributed by atoms with Crippen molar-refractivity contribution < 1.29 is 19.5 Å². The molecule has 1 saturated carbocycles. The summed E-state index contributed by atoms with van der Waals surface area (Å²) in [6.07, 6.45) is 8.61. The minimum atomic E-state index is -1.18. The summed E-state index contributed by atoms with van der Waals surface area (Å²) in [5, 5.41) is 17.5. The number of aliphatic hydroxyl groups is 1. The van der Waals surface area contributed by atoms with Crippen molar-refractivity contribution in [3.05, 3.63) is 81.5 Å². The lowest BCUT2D eigenvalue weighted by Gasteiger charge is -2.40. The number of thiazole rings is 1. The van der Waals surface area contributed by atoms with Crippen LogP contribution in [-0.2, 0) is 22.2 Å². The first-order valence-corrected chi connectivity index (χ1v) is 20.6. The zero-order valence-electron chi connectivity index (χ0n) is 32.5. The Labute approximate surface area is 329 Å². The second-order valence-electron chi connectivity index (χ2n) is 16.3. The van der Waals surface area contributed by atoms with Gasteiger partial charge in [-0.3, -0.25) is 33.8 Å².